The maximum absolute atomic E-state index is 13.7. The van der Waals surface area contributed by atoms with Crippen molar-refractivity contribution in [3.05, 3.63) is 112 Å². The van der Waals surface area contributed by atoms with Crippen LogP contribution in [-0.2, 0) is 0 Å². The number of amides is 1. The van der Waals surface area contributed by atoms with Crippen molar-refractivity contribution in [2.45, 2.75) is 25.8 Å². The monoisotopic (exact) mass is 408 g/mol. The van der Waals surface area contributed by atoms with Crippen LogP contribution in [0.5, 0.6) is 0 Å². The van der Waals surface area contributed by atoms with Gasteiger partial charge in [0, 0.05) is 22.2 Å². The zero-order chi connectivity index (χ0) is 21.4. The van der Waals surface area contributed by atoms with Crippen molar-refractivity contribution in [1.29, 1.82) is 0 Å². The third kappa shape index (κ3) is 3.55. The van der Waals surface area contributed by atoms with Gasteiger partial charge in [-0.25, -0.2) is 0 Å². The molecule has 0 saturated heterocycles. The van der Waals surface area contributed by atoms with Crippen molar-refractivity contribution in [3.63, 3.8) is 0 Å². The van der Waals surface area contributed by atoms with Crippen LogP contribution in [0.2, 0.25) is 0 Å². The largest absolute Gasteiger partial charge is 0.345 e. The summed E-state index contributed by atoms with van der Waals surface area (Å²) in [5.41, 5.74) is 2.97. The standard InChI is InChI=1S/C27H24N2O2/c1-18-24(26(30)28-25(20-16-17-20)19-10-4-2-5-11-19)22-14-8-9-15-23(22)27(31)29(18)21-12-6-3-7-13-21/h2-15,20,25H,16-17H2,1H3,(H,28,30)/t25-/m1/s1. The molecule has 5 rings (SSSR count). The highest BCUT2D eigenvalue weighted by Gasteiger charge is 2.34. The van der Waals surface area contributed by atoms with Crippen molar-refractivity contribution in [1.82, 2.24) is 9.88 Å². The molecule has 0 bridgehead atoms. The van der Waals surface area contributed by atoms with Crippen LogP contribution in [0, 0.1) is 12.8 Å². The van der Waals surface area contributed by atoms with Crippen LogP contribution in [0.4, 0.5) is 0 Å². The lowest BCUT2D eigenvalue weighted by Gasteiger charge is -2.22. The van der Waals surface area contributed by atoms with E-state index in [2.05, 4.69) is 17.4 Å². The molecule has 1 aliphatic carbocycles. The molecular weight excluding hydrogens is 384 g/mol. The van der Waals surface area contributed by atoms with Crippen LogP contribution < -0.4 is 10.9 Å². The Morgan fingerprint density at radius 2 is 1.45 bits per heavy atom. The third-order valence-electron chi connectivity index (χ3n) is 6.11. The van der Waals surface area contributed by atoms with Gasteiger partial charge in [0.05, 0.1) is 11.6 Å². The summed E-state index contributed by atoms with van der Waals surface area (Å²) in [6.45, 7) is 1.85. The first-order valence-corrected chi connectivity index (χ1v) is 10.7. The zero-order valence-corrected chi connectivity index (χ0v) is 17.4. The van der Waals surface area contributed by atoms with Crippen molar-refractivity contribution in [2.75, 3.05) is 0 Å². The fourth-order valence-electron chi connectivity index (χ4n) is 4.42. The lowest BCUT2D eigenvalue weighted by atomic mass is 9.99. The van der Waals surface area contributed by atoms with Crippen LogP contribution in [0.3, 0.4) is 0 Å². The molecular formula is C27H24N2O2. The molecule has 1 saturated carbocycles. The van der Waals surface area contributed by atoms with E-state index < -0.39 is 0 Å². The molecule has 1 atom stereocenters. The minimum Gasteiger partial charge on any atom is -0.345 e. The number of fused-ring (bicyclic) bond motifs is 1. The highest BCUT2D eigenvalue weighted by Crippen LogP contribution is 2.41. The van der Waals surface area contributed by atoms with E-state index in [1.165, 1.54) is 0 Å². The number of para-hydroxylation sites is 1. The molecule has 4 nitrogen and oxygen atoms in total. The van der Waals surface area contributed by atoms with E-state index in [1.807, 2.05) is 73.7 Å². The molecule has 31 heavy (non-hydrogen) atoms. The van der Waals surface area contributed by atoms with Crippen molar-refractivity contribution in [2.24, 2.45) is 5.92 Å². The van der Waals surface area contributed by atoms with Gasteiger partial charge in [-0.15, -0.1) is 0 Å². The Kier molecular flexibility index (Phi) is 4.91. The molecule has 154 valence electrons. The Hall–Kier alpha value is -3.66. The number of hydrogen-bond acceptors (Lipinski definition) is 2. The van der Waals surface area contributed by atoms with E-state index in [0.717, 1.165) is 24.1 Å². The quantitative estimate of drug-likeness (QED) is 0.495. The van der Waals surface area contributed by atoms with E-state index in [4.69, 9.17) is 0 Å². The van der Waals surface area contributed by atoms with Gasteiger partial charge >= 0.3 is 0 Å². The first kappa shape index (κ1) is 19.3. The molecule has 0 spiro atoms. The molecule has 0 radical (unpaired) electrons. The van der Waals surface area contributed by atoms with Crippen molar-refractivity contribution in [3.8, 4) is 5.69 Å². The summed E-state index contributed by atoms with van der Waals surface area (Å²) in [6.07, 6.45) is 2.23. The fraction of sp³-hybridized carbons (Fsp3) is 0.185. The fourth-order valence-corrected chi connectivity index (χ4v) is 4.42. The number of carbonyl (C=O) groups is 1. The Balaban J connectivity index is 1.65. The average Bonchev–Trinajstić information content (AvgIpc) is 3.64. The van der Waals surface area contributed by atoms with Gasteiger partial charge < -0.3 is 5.32 Å². The topological polar surface area (TPSA) is 51.1 Å². The van der Waals surface area contributed by atoms with Gasteiger partial charge in [-0.3, -0.25) is 14.2 Å². The number of hydrogen-bond donors (Lipinski definition) is 1. The van der Waals surface area contributed by atoms with E-state index in [-0.39, 0.29) is 17.5 Å². The molecule has 1 amide bonds. The van der Waals surface area contributed by atoms with Gasteiger partial charge in [0.15, 0.2) is 0 Å². The predicted octanol–water partition coefficient (Wildman–Crippen LogP) is 5.18. The van der Waals surface area contributed by atoms with Gasteiger partial charge in [0.2, 0.25) is 0 Å². The summed E-state index contributed by atoms with van der Waals surface area (Å²) < 4.78 is 1.64. The SMILES string of the molecule is Cc1c(C(=O)N[C@H](c2ccccc2)C2CC2)c2ccccc2c(=O)n1-c1ccccc1. The molecule has 1 fully saturated rings. The number of pyridine rings is 1. The van der Waals surface area contributed by atoms with Gasteiger partial charge in [-0.05, 0) is 49.4 Å². The number of carbonyl (C=O) groups excluding carboxylic acids is 1. The Labute approximate surface area is 181 Å². The second-order valence-electron chi connectivity index (χ2n) is 8.18. The summed E-state index contributed by atoms with van der Waals surface area (Å²) in [6, 6.07) is 27.0. The number of nitrogens with zero attached hydrogens (tertiary/aromatic N) is 1. The van der Waals surface area contributed by atoms with Crippen LogP contribution >= 0.6 is 0 Å². The summed E-state index contributed by atoms with van der Waals surface area (Å²) in [5, 5.41) is 4.53. The number of benzene rings is 3. The maximum Gasteiger partial charge on any atom is 0.263 e. The lowest BCUT2D eigenvalue weighted by Crippen LogP contribution is -2.33. The van der Waals surface area contributed by atoms with Gasteiger partial charge in [0.1, 0.15) is 0 Å². The van der Waals surface area contributed by atoms with Crippen molar-refractivity contribution < 1.29 is 4.79 Å². The Morgan fingerprint density at radius 3 is 2.10 bits per heavy atom. The third-order valence-corrected chi connectivity index (χ3v) is 6.11. The van der Waals surface area contributed by atoms with Crippen molar-refractivity contribution >= 4 is 16.7 Å². The van der Waals surface area contributed by atoms with Crippen LogP contribution in [0.1, 0.15) is 40.5 Å². The average molecular weight is 409 g/mol. The molecule has 4 aromatic rings. The Bertz CT molecular complexity index is 1310. The molecule has 3 aromatic carbocycles. The molecule has 0 unspecified atom stereocenters. The number of nitrogens with one attached hydrogen (secondary N) is 1. The molecule has 1 N–H and O–H groups in total. The van der Waals surface area contributed by atoms with E-state index in [9.17, 15) is 9.59 Å². The minimum absolute atomic E-state index is 0.0241. The second kappa shape index (κ2) is 7.88. The molecule has 1 aliphatic rings. The second-order valence-corrected chi connectivity index (χ2v) is 8.18. The first-order valence-electron chi connectivity index (χ1n) is 10.7. The van der Waals surface area contributed by atoms with Gasteiger partial charge in [-0.2, -0.15) is 0 Å². The number of rotatable bonds is 5. The summed E-state index contributed by atoms with van der Waals surface area (Å²) in [5.74, 6) is 0.317. The maximum atomic E-state index is 13.7. The normalized spacial score (nSPS) is 14.4. The van der Waals surface area contributed by atoms with Crippen LogP contribution in [-0.4, -0.2) is 10.5 Å². The van der Waals surface area contributed by atoms with Gasteiger partial charge in [-0.1, -0.05) is 66.7 Å². The first-order chi connectivity index (χ1) is 15.1. The van der Waals surface area contributed by atoms with E-state index in [0.29, 0.717) is 27.9 Å². The Morgan fingerprint density at radius 1 is 0.871 bits per heavy atom. The van der Waals surface area contributed by atoms with Gasteiger partial charge in [0.25, 0.3) is 11.5 Å². The zero-order valence-electron chi connectivity index (χ0n) is 17.4. The van der Waals surface area contributed by atoms with E-state index in [1.54, 1.807) is 10.6 Å². The summed E-state index contributed by atoms with van der Waals surface area (Å²) >= 11 is 0. The lowest BCUT2D eigenvalue weighted by molar-refractivity contribution is 0.0932. The highest BCUT2D eigenvalue weighted by molar-refractivity contribution is 6.08. The molecule has 4 heteroatoms. The highest BCUT2D eigenvalue weighted by atomic mass is 16.2. The smallest absolute Gasteiger partial charge is 0.263 e. The predicted molar refractivity (Wildman–Crippen MR) is 124 cm³/mol. The molecule has 1 heterocycles. The molecule has 0 aliphatic heterocycles. The number of aromatic nitrogens is 1. The minimum atomic E-state index is -0.140. The summed E-state index contributed by atoms with van der Waals surface area (Å²) in [7, 11) is 0. The van der Waals surface area contributed by atoms with Crippen LogP contribution in [0.15, 0.2) is 89.7 Å². The molecule has 1 aromatic heterocycles. The van der Waals surface area contributed by atoms with Crippen LogP contribution in [0.25, 0.3) is 16.5 Å². The summed E-state index contributed by atoms with van der Waals surface area (Å²) in [4.78, 5) is 27.0. The van der Waals surface area contributed by atoms with E-state index >= 15 is 0 Å².